The van der Waals surface area contributed by atoms with Gasteiger partial charge in [0.05, 0.1) is 11.6 Å². The van der Waals surface area contributed by atoms with Crippen molar-refractivity contribution in [2.45, 2.75) is 32.4 Å². The smallest absolute Gasteiger partial charge is 0.191 e. The highest BCUT2D eigenvalue weighted by atomic mass is 79.9. The van der Waals surface area contributed by atoms with E-state index < -0.39 is 0 Å². The second-order valence-electron chi connectivity index (χ2n) is 5.70. The zero-order valence-corrected chi connectivity index (χ0v) is 15.8. The number of hydrogen-bond donors (Lipinski definition) is 2. The molecule has 0 bridgehead atoms. The zero-order chi connectivity index (χ0) is 16.7. The van der Waals surface area contributed by atoms with Crippen molar-refractivity contribution in [1.82, 2.24) is 15.5 Å². The summed E-state index contributed by atoms with van der Waals surface area (Å²) < 4.78 is 6.22. The van der Waals surface area contributed by atoms with Crippen molar-refractivity contribution in [2.75, 3.05) is 33.8 Å². The number of methoxy groups -OCH3 is 1. The van der Waals surface area contributed by atoms with Crippen LogP contribution < -0.4 is 15.4 Å². The molecule has 128 valence electrons. The first kappa shape index (κ1) is 18.1. The minimum atomic E-state index is 0.619. The van der Waals surface area contributed by atoms with Gasteiger partial charge in [-0.15, -0.1) is 0 Å². The summed E-state index contributed by atoms with van der Waals surface area (Å²) in [5.41, 5.74) is 1.18. The normalized spacial score (nSPS) is 19.0. The third-order valence-electron chi connectivity index (χ3n) is 4.31. The Balaban J connectivity index is 1.82. The molecule has 1 fully saturated rings. The van der Waals surface area contributed by atoms with Crippen molar-refractivity contribution in [3.63, 3.8) is 0 Å². The number of likely N-dealkylation sites (N-methyl/N-ethyl adjacent to an activating group) is 1. The fourth-order valence-corrected chi connectivity index (χ4v) is 3.57. The molecule has 1 aromatic rings. The molecular weight excluding hydrogens is 356 g/mol. The molecule has 0 radical (unpaired) electrons. The maximum absolute atomic E-state index is 5.25. The zero-order valence-electron chi connectivity index (χ0n) is 14.2. The number of benzene rings is 1. The van der Waals surface area contributed by atoms with Crippen LogP contribution in [0.1, 0.15) is 25.3 Å². The minimum Gasteiger partial charge on any atom is -0.496 e. The Kier molecular flexibility index (Phi) is 7.17. The largest absolute Gasteiger partial charge is 0.496 e. The third-order valence-corrected chi connectivity index (χ3v) is 4.93. The van der Waals surface area contributed by atoms with E-state index in [0.717, 1.165) is 35.8 Å². The summed E-state index contributed by atoms with van der Waals surface area (Å²) in [6.45, 7) is 6.24. The van der Waals surface area contributed by atoms with Gasteiger partial charge < -0.3 is 15.4 Å². The van der Waals surface area contributed by atoms with E-state index in [4.69, 9.17) is 4.74 Å². The highest BCUT2D eigenvalue weighted by Crippen LogP contribution is 2.25. The monoisotopic (exact) mass is 382 g/mol. The lowest BCUT2D eigenvalue weighted by atomic mass is 10.2. The Morgan fingerprint density at radius 3 is 2.91 bits per heavy atom. The van der Waals surface area contributed by atoms with Gasteiger partial charge in [-0.25, -0.2) is 0 Å². The number of nitrogens with one attached hydrogen (secondary N) is 2. The number of rotatable bonds is 6. The first-order chi connectivity index (χ1) is 11.2. The molecule has 1 aromatic carbocycles. The SMILES string of the molecule is CCN1CCCC1CNC(=NC)NCc1ccc(OC)c(Br)c1. The van der Waals surface area contributed by atoms with Gasteiger partial charge >= 0.3 is 0 Å². The summed E-state index contributed by atoms with van der Waals surface area (Å²) in [5.74, 6) is 1.69. The summed E-state index contributed by atoms with van der Waals surface area (Å²) in [6.07, 6.45) is 2.56. The van der Waals surface area contributed by atoms with E-state index in [-0.39, 0.29) is 0 Å². The molecule has 5 nitrogen and oxygen atoms in total. The summed E-state index contributed by atoms with van der Waals surface area (Å²) in [6, 6.07) is 6.71. The molecule has 0 aromatic heterocycles. The second-order valence-corrected chi connectivity index (χ2v) is 6.55. The van der Waals surface area contributed by atoms with Crippen LogP contribution in [0.3, 0.4) is 0 Å². The molecule has 23 heavy (non-hydrogen) atoms. The Morgan fingerprint density at radius 1 is 1.43 bits per heavy atom. The Bertz CT molecular complexity index is 535. The predicted molar refractivity (Wildman–Crippen MR) is 99.2 cm³/mol. The van der Waals surface area contributed by atoms with Crippen LogP contribution >= 0.6 is 15.9 Å². The van der Waals surface area contributed by atoms with Gasteiger partial charge in [0.25, 0.3) is 0 Å². The molecule has 0 aliphatic carbocycles. The maximum Gasteiger partial charge on any atom is 0.191 e. The van der Waals surface area contributed by atoms with Gasteiger partial charge in [-0.05, 0) is 59.6 Å². The first-order valence-corrected chi connectivity index (χ1v) is 8.98. The number of nitrogens with zero attached hydrogens (tertiary/aromatic N) is 2. The quantitative estimate of drug-likeness (QED) is 0.586. The highest BCUT2D eigenvalue weighted by molar-refractivity contribution is 9.10. The van der Waals surface area contributed by atoms with Gasteiger partial charge in [0.1, 0.15) is 5.75 Å². The van der Waals surface area contributed by atoms with Crippen LogP contribution in [0.5, 0.6) is 5.75 Å². The van der Waals surface area contributed by atoms with Crippen LogP contribution in [-0.2, 0) is 6.54 Å². The maximum atomic E-state index is 5.25. The molecule has 2 N–H and O–H groups in total. The van der Waals surface area contributed by atoms with E-state index >= 15 is 0 Å². The molecule has 0 amide bonds. The molecule has 1 atom stereocenters. The second kappa shape index (κ2) is 9.13. The number of halogens is 1. The molecule has 1 heterocycles. The summed E-state index contributed by atoms with van der Waals surface area (Å²) in [7, 11) is 3.48. The van der Waals surface area contributed by atoms with Crippen LogP contribution in [0.4, 0.5) is 0 Å². The van der Waals surface area contributed by atoms with Crippen LogP contribution in [0, 0.1) is 0 Å². The van der Waals surface area contributed by atoms with E-state index in [1.165, 1.54) is 24.9 Å². The van der Waals surface area contributed by atoms with E-state index in [0.29, 0.717) is 6.04 Å². The molecule has 1 saturated heterocycles. The summed E-state index contributed by atoms with van der Waals surface area (Å²) in [5, 5.41) is 6.81. The average molecular weight is 383 g/mol. The number of likely N-dealkylation sites (tertiary alicyclic amines) is 1. The molecule has 0 saturated carbocycles. The molecule has 1 unspecified atom stereocenters. The van der Waals surface area contributed by atoms with Gasteiger partial charge in [-0.3, -0.25) is 9.89 Å². The number of aliphatic imine (C=N–C) groups is 1. The van der Waals surface area contributed by atoms with Crippen molar-refractivity contribution < 1.29 is 4.74 Å². The lowest BCUT2D eigenvalue weighted by Gasteiger charge is -2.24. The van der Waals surface area contributed by atoms with Gasteiger partial charge in [0, 0.05) is 26.2 Å². The lowest BCUT2D eigenvalue weighted by Crippen LogP contribution is -2.44. The number of hydrogen-bond acceptors (Lipinski definition) is 3. The lowest BCUT2D eigenvalue weighted by molar-refractivity contribution is 0.267. The first-order valence-electron chi connectivity index (χ1n) is 8.19. The van der Waals surface area contributed by atoms with Crippen molar-refractivity contribution in [2.24, 2.45) is 4.99 Å². The van der Waals surface area contributed by atoms with Gasteiger partial charge in [0.2, 0.25) is 0 Å². The van der Waals surface area contributed by atoms with E-state index in [1.807, 2.05) is 13.1 Å². The Labute approximate surface area is 147 Å². The van der Waals surface area contributed by atoms with Gasteiger partial charge in [-0.1, -0.05) is 13.0 Å². The van der Waals surface area contributed by atoms with E-state index in [2.05, 4.69) is 55.5 Å². The van der Waals surface area contributed by atoms with E-state index in [1.54, 1.807) is 7.11 Å². The molecule has 2 rings (SSSR count). The molecule has 0 spiro atoms. The number of guanidine groups is 1. The van der Waals surface area contributed by atoms with Gasteiger partial charge in [-0.2, -0.15) is 0 Å². The van der Waals surface area contributed by atoms with Crippen LogP contribution in [0.15, 0.2) is 27.7 Å². The third kappa shape index (κ3) is 5.11. The summed E-state index contributed by atoms with van der Waals surface area (Å²) >= 11 is 3.52. The fourth-order valence-electron chi connectivity index (χ4n) is 2.98. The topological polar surface area (TPSA) is 48.9 Å². The molecular formula is C17H27BrN4O. The molecule has 1 aliphatic rings. The van der Waals surface area contributed by atoms with Crippen molar-refractivity contribution in [1.29, 1.82) is 0 Å². The van der Waals surface area contributed by atoms with Crippen LogP contribution in [0.25, 0.3) is 0 Å². The standard InChI is InChI=1S/C17H27BrN4O/c1-4-22-9-5-6-14(22)12-21-17(19-2)20-11-13-7-8-16(23-3)15(18)10-13/h7-8,10,14H,4-6,9,11-12H2,1-3H3,(H2,19,20,21). The van der Waals surface area contributed by atoms with Crippen molar-refractivity contribution >= 4 is 21.9 Å². The predicted octanol–water partition coefficient (Wildman–Crippen LogP) is 2.61. The van der Waals surface area contributed by atoms with Crippen LogP contribution in [0.2, 0.25) is 0 Å². The summed E-state index contributed by atoms with van der Waals surface area (Å²) in [4.78, 5) is 6.84. The van der Waals surface area contributed by atoms with E-state index in [9.17, 15) is 0 Å². The minimum absolute atomic E-state index is 0.619. The Morgan fingerprint density at radius 2 is 2.26 bits per heavy atom. The van der Waals surface area contributed by atoms with Crippen molar-refractivity contribution in [3.8, 4) is 5.75 Å². The van der Waals surface area contributed by atoms with Crippen LogP contribution in [-0.4, -0.2) is 50.7 Å². The average Bonchev–Trinajstić information content (AvgIpc) is 3.02. The Hall–Kier alpha value is -1.27. The highest BCUT2D eigenvalue weighted by Gasteiger charge is 2.22. The van der Waals surface area contributed by atoms with Gasteiger partial charge in [0.15, 0.2) is 5.96 Å². The molecule has 1 aliphatic heterocycles. The van der Waals surface area contributed by atoms with Crippen molar-refractivity contribution in [3.05, 3.63) is 28.2 Å². The molecule has 6 heteroatoms. The number of ether oxygens (including phenoxy) is 1. The fraction of sp³-hybridized carbons (Fsp3) is 0.588.